The maximum absolute atomic E-state index is 13.3. The van der Waals surface area contributed by atoms with E-state index in [1.165, 1.54) is 23.6 Å². The fraction of sp³-hybridized carbons (Fsp3) is 0.448. The molecule has 0 saturated carbocycles. The monoisotopic (exact) mass is 471 g/mol. The molecule has 0 bridgehead atoms. The van der Waals surface area contributed by atoms with Crippen molar-refractivity contribution in [3.05, 3.63) is 84.3 Å². The molecule has 35 heavy (non-hydrogen) atoms. The van der Waals surface area contributed by atoms with Gasteiger partial charge in [0.1, 0.15) is 11.6 Å². The quantitative estimate of drug-likeness (QED) is 0.498. The molecule has 2 aromatic rings. The van der Waals surface area contributed by atoms with Crippen molar-refractivity contribution in [3.63, 3.8) is 0 Å². The van der Waals surface area contributed by atoms with Crippen LogP contribution >= 0.6 is 0 Å². The van der Waals surface area contributed by atoms with Crippen molar-refractivity contribution >= 4 is 23.4 Å². The van der Waals surface area contributed by atoms with Gasteiger partial charge in [-0.15, -0.1) is 0 Å². The number of hydrogen-bond donors (Lipinski definition) is 1. The summed E-state index contributed by atoms with van der Waals surface area (Å²) in [5.74, 6) is 0.750. The fourth-order valence-electron chi connectivity index (χ4n) is 4.69. The van der Waals surface area contributed by atoms with Gasteiger partial charge in [0, 0.05) is 32.7 Å². The Hall–Kier alpha value is -2.19. The zero-order chi connectivity index (χ0) is 24.9. The Morgan fingerprint density at radius 3 is 2.37 bits per heavy atom. The first-order valence-electron chi connectivity index (χ1n) is 13.1. The van der Waals surface area contributed by atoms with Crippen molar-refractivity contribution in [1.29, 1.82) is 0 Å². The number of ether oxygens (including phenoxy) is 1. The predicted molar refractivity (Wildman–Crippen MR) is 146 cm³/mol. The number of methoxy groups -OCH3 is 1. The van der Waals surface area contributed by atoms with Crippen LogP contribution in [0.15, 0.2) is 73.0 Å². The van der Waals surface area contributed by atoms with E-state index in [-0.39, 0.29) is 11.4 Å². The number of piperazine rings is 1. The third-order valence-electron chi connectivity index (χ3n) is 6.81. The van der Waals surface area contributed by atoms with Crippen molar-refractivity contribution < 1.29 is 9.13 Å². The Bertz CT molecular complexity index is 939. The number of allylic oxidation sites excluding steroid dienone is 2. The molecule has 2 aromatic carbocycles. The summed E-state index contributed by atoms with van der Waals surface area (Å²) in [6.45, 7) is 7.28. The molecule has 2 aliphatic rings. The second-order valence-electron chi connectivity index (χ2n) is 9.43. The van der Waals surface area contributed by atoms with E-state index in [4.69, 9.17) is 4.74 Å². The van der Waals surface area contributed by atoms with Crippen LogP contribution in [0.5, 0.6) is 5.75 Å². The molecular weight excluding hydrogens is 432 g/mol. The number of nitrogens with zero attached hydrogens (tertiary/aromatic N) is 2. The molecule has 1 saturated heterocycles. The molecule has 2 heterocycles. The summed E-state index contributed by atoms with van der Waals surface area (Å²) in [6, 6.07) is 15.1. The molecule has 1 N–H and O–H groups in total. The van der Waals surface area contributed by atoms with E-state index in [0.29, 0.717) is 0 Å². The molecule has 6 heteroatoms. The average Bonchev–Trinajstić information content (AvgIpc) is 2.91. The van der Waals surface area contributed by atoms with Gasteiger partial charge in [-0.25, -0.2) is 4.39 Å². The van der Waals surface area contributed by atoms with Gasteiger partial charge in [-0.1, -0.05) is 36.4 Å². The normalized spacial score (nSPS) is 19.6. The topological polar surface area (TPSA) is 27.7 Å². The summed E-state index contributed by atoms with van der Waals surface area (Å²) in [5.41, 5.74) is 2.19. The van der Waals surface area contributed by atoms with Gasteiger partial charge in [0.2, 0.25) is 0 Å². The van der Waals surface area contributed by atoms with Gasteiger partial charge in [-0.2, -0.15) is 0 Å². The van der Waals surface area contributed by atoms with Gasteiger partial charge in [-0.05, 0) is 54.9 Å². The zero-order valence-corrected chi connectivity index (χ0v) is 21.7. The Kier molecular flexibility index (Phi) is 11.3. The Morgan fingerprint density at radius 2 is 1.77 bits per heavy atom. The first-order chi connectivity index (χ1) is 17.1. The van der Waals surface area contributed by atoms with Gasteiger partial charge >= 0.3 is 42.6 Å². The van der Waals surface area contributed by atoms with Crippen LogP contribution < -0.4 is 15.0 Å². The second kappa shape index (κ2) is 14.4. The average molecular weight is 472 g/mol. The van der Waals surface area contributed by atoms with Crippen LogP contribution in [0.25, 0.3) is 0 Å². The molecule has 0 aliphatic carbocycles. The van der Waals surface area contributed by atoms with E-state index >= 15 is 0 Å². The summed E-state index contributed by atoms with van der Waals surface area (Å²) in [7, 11) is 1.73. The fourth-order valence-corrected chi connectivity index (χ4v) is 4.69. The molecular formula is C29H39FLiN3O. The SMILES string of the molecule is COc1ccccc1N1CCN(CCC2(Cc3ccc(F)cc3)C=CC=CN2)CC1.[Li][CH2]CCC. The summed E-state index contributed by atoms with van der Waals surface area (Å²) >= 11 is 2.21. The van der Waals surface area contributed by atoms with E-state index in [0.717, 1.165) is 56.9 Å². The summed E-state index contributed by atoms with van der Waals surface area (Å²) in [4.78, 5) is 4.94. The summed E-state index contributed by atoms with van der Waals surface area (Å²) < 4.78 is 18.8. The van der Waals surface area contributed by atoms with Gasteiger partial charge in [0.05, 0.1) is 18.3 Å². The van der Waals surface area contributed by atoms with E-state index < -0.39 is 0 Å². The van der Waals surface area contributed by atoms with Gasteiger partial charge < -0.3 is 15.0 Å². The van der Waals surface area contributed by atoms with Crippen molar-refractivity contribution in [1.82, 2.24) is 10.2 Å². The van der Waals surface area contributed by atoms with Crippen LogP contribution in [0.4, 0.5) is 10.1 Å². The van der Waals surface area contributed by atoms with Crippen molar-refractivity contribution in [2.45, 2.75) is 43.2 Å². The van der Waals surface area contributed by atoms with Gasteiger partial charge in [0.25, 0.3) is 0 Å². The number of benzene rings is 2. The molecule has 0 spiro atoms. The maximum atomic E-state index is 13.3. The van der Waals surface area contributed by atoms with Crippen LogP contribution in [-0.2, 0) is 6.42 Å². The van der Waals surface area contributed by atoms with Crippen molar-refractivity contribution in [2.75, 3.05) is 44.7 Å². The molecule has 0 radical (unpaired) electrons. The van der Waals surface area contributed by atoms with E-state index in [1.54, 1.807) is 19.2 Å². The van der Waals surface area contributed by atoms with E-state index in [2.05, 4.69) is 64.0 Å². The first-order valence-corrected chi connectivity index (χ1v) is 13.1. The number of halogens is 1. The molecule has 2 aliphatic heterocycles. The number of rotatable bonds is 9. The summed E-state index contributed by atoms with van der Waals surface area (Å²) in [6.07, 6.45) is 13.0. The third kappa shape index (κ3) is 8.46. The Morgan fingerprint density at radius 1 is 1.03 bits per heavy atom. The first kappa shape index (κ1) is 27.4. The van der Waals surface area contributed by atoms with Crippen molar-refractivity contribution in [3.8, 4) is 5.75 Å². The third-order valence-corrected chi connectivity index (χ3v) is 6.81. The van der Waals surface area contributed by atoms with Crippen molar-refractivity contribution in [2.24, 2.45) is 0 Å². The summed E-state index contributed by atoms with van der Waals surface area (Å²) in [5, 5.41) is 4.91. The van der Waals surface area contributed by atoms with Crippen LogP contribution in [0, 0.1) is 5.82 Å². The molecule has 1 unspecified atom stereocenters. The van der Waals surface area contributed by atoms with Crippen LogP contribution in [-0.4, -0.2) is 68.0 Å². The van der Waals surface area contributed by atoms with Gasteiger partial charge in [-0.3, -0.25) is 4.90 Å². The van der Waals surface area contributed by atoms with E-state index in [9.17, 15) is 4.39 Å². The molecule has 4 rings (SSSR count). The molecule has 184 valence electrons. The number of dihydropyridines is 1. The van der Waals surface area contributed by atoms with Crippen LogP contribution in [0.1, 0.15) is 31.7 Å². The zero-order valence-electron chi connectivity index (χ0n) is 21.7. The van der Waals surface area contributed by atoms with Crippen LogP contribution in [0.3, 0.4) is 0 Å². The van der Waals surface area contributed by atoms with Crippen LogP contribution in [0.2, 0.25) is 5.09 Å². The minimum atomic E-state index is -0.187. The second-order valence-corrected chi connectivity index (χ2v) is 9.43. The molecule has 1 atom stereocenters. The molecule has 0 amide bonds. The standard InChI is InChI=1S/C25H30FN3O.C4H9.Li/c1-30-24-7-3-2-6-23(24)29-18-16-28(17-19-29)15-13-25(12-4-5-14-27-25)20-21-8-10-22(26)11-9-21;1-3-4-2;/h2-12,14,27H,13,15-20H2,1H3;1,3-4H2,2H3;. The number of anilines is 1. The minimum absolute atomic E-state index is 0.133. The van der Waals surface area contributed by atoms with Gasteiger partial charge in [0.15, 0.2) is 0 Å². The number of unbranched alkanes of at least 4 members (excludes halogenated alkanes) is 1. The van der Waals surface area contributed by atoms with E-state index in [1.807, 2.05) is 36.5 Å². The number of para-hydroxylation sites is 2. The molecule has 1 fully saturated rings. The molecule has 0 aromatic heterocycles. The number of hydrogen-bond acceptors (Lipinski definition) is 4. The predicted octanol–water partition coefficient (Wildman–Crippen LogP) is 5.37. The molecule has 4 nitrogen and oxygen atoms in total. The number of nitrogens with one attached hydrogen (secondary N) is 1. The Labute approximate surface area is 220 Å². The Balaban J connectivity index is 0.000000623.